The molecule has 1 fully saturated rings. The van der Waals surface area contributed by atoms with Crippen LogP contribution in [0, 0.1) is 17.3 Å². The van der Waals surface area contributed by atoms with E-state index in [-0.39, 0.29) is 6.10 Å². The fourth-order valence-electron chi connectivity index (χ4n) is 4.57. The summed E-state index contributed by atoms with van der Waals surface area (Å²) in [7, 11) is 0. The first-order chi connectivity index (χ1) is 9.04. The van der Waals surface area contributed by atoms with Crippen LogP contribution in [0.3, 0.4) is 0 Å². The summed E-state index contributed by atoms with van der Waals surface area (Å²) in [5.41, 5.74) is 0.362. The van der Waals surface area contributed by atoms with Gasteiger partial charge in [-0.1, -0.05) is 65.7 Å². The minimum Gasteiger partial charge on any atom is -0.393 e. The van der Waals surface area contributed by atoms with Gasteiger partial charge >= 0.3 is 0 Å². The van der Waals surface area contributed by atoms with E-state index in [1.54, 1.807) is 0 Å². The first-order valence-electron chi connectivity index (χ1n) is 8.72. The molecule has 0 saturated heterocycles. The molecule has 1 heteroatoms. The standard InChI is InChI=1S/C18H36O/c1-5-10-16(11-6-2)18(4,14-15(3)19)17-12-8-7-9-13-17/h15-17,19H,5-14H2,1-4H3. The third kappa shape index (κ3) is 4.77. The summed E-state index contributed by atoms with van der Waals surface area (Å²) in [5.74, 6) is 1.65. The molecule has 1 aliphatic carbocycles. The maximum Gasteiger partial charge on any atom is 0.0517 e. The van der Waals surface area contributed by atoms with Gasteiger partial charge in [-0.05, 0) is 43.4 Å². The largest absolute Gasteiger partial charge is 0.393 e. The van der Waals surface area contributed by atoms with Crippen molar-refractivity contribution in [3.63, 3.8) is 0 Å². The van der Waals surface area contributed by atoms with Gasteiger partial charge in [0.05, 0.1) is 6.10 Å². The quantitative estimate of drug-likeness (QED) is 0.611. The molecule has 0 bridgehead atoms. The molecule has 0 aromatic rings. The van der Waals surface area contributed by atoms with Crippen LogP contribution in [0.1, 0.15) is 91.9 Å². The molecule has 1 N–H and O–H groups in total. The minimum atomic E-state index is -0.150. The van der Waals surface area contributed by atoms with Crippen LogP contribution in [0.4, 0.5) is 0 Å². The summed E-state index contributed by atoms with van der Waals surface area (Å²) in [6.45, 7) is 9.10. The molecular formula is C18H36O. The van der Waals surface area contributed by atoms with E-state index in [2.05, 4.69) is 20.8 Å². The summed E-state index contributed by atoms with van der Waals surface area (Å²) >= 11 is 0. The molecule has 2 unspecified atom stereocenters. The highest BCUT2D eigenvalue weighted by molar-refractivity contribution is 4.91. The number of hydrogen-bond acceptors (Lipinski definition) is 1. The molecule has 0 aromatic carbocycles. The van der Waals surface area contributed by atoms with Crippen molar-refractivity contribution in [2.45, 2.75) is 98.0 Å². The summed E-state index contributed by atoms with van der Waals surface area (Å²) in [5, 5.41) is 10.0. The molecule has 1 rings (SSSR count). The molecule has 0 amide bonds. The highest BCUT2D eigenvalue weighted by Gasteiger charge is 2.41. The van der Waals surface area contributed by atoms with Gasteiger partial charge in [0.25, 0.3) is 0 Å². The van der Waals surface area contributed by atoms with Crippen LogP contribution in [0.2, 0.25) is 0 Å². The van der Waals surface area contributed by atoms with Gasteiger partial charge in [0.2, 0.25) is 0 Å². The Bertz CT molecular complexity index is 224. The third-order valence-corrected chi connectivity index (χ3v) is 5.48. The zero-order valence-corrected chi connectivity index (χ0v) is 13.8. The zero-order valence-electron chi connectivity index (χ0n) is 13.8. The van der Waals surface area contributed by atoms with Gasteiger partial charge in [-0.2, -0.15) is 0 Å². The highest BCUT2D eigenvalue weighted by Crippen LogP contribution is 2.49. The van der Waals surface area contributed by atoms with E-state index in [1.165, 1.54) is 57.8 Å². The van der Waals surface area contributed by atoms with Gasteiger partial charge in [0, 0.05) is 0 Å². The normalized spacial score (nSPS) is 22.4. The first kappa shape index (κ1) is 17.0. The van der Waals surface area contributed by atoms with E-state index in [4.69, 9.17) is 0 Å². The van der Waals surface area contributed by atoms with Crippen molar-refractivity contribution in [3.05, 3.63) is 0 Å². The van der Waals surface area contributed by atoms with E-state index in [9.17, 15) is 5.11 Å². The number of aliphatic hydroxyl groups is 1. The van der Waals surface area contributed by atoms with E-state index in [1.807, 2.05) is 6.92 Å². The Labute approximate surface area is 121 Å². The fraction of sp³-hybridized carbons (Fsp3) is 1.00. The van der Waals surface area contributed by atoms with Crippen molar-refractivity contribution in [2.75, 3.05) is 0 Å². The van der Waals surface area contributed by atoms with E-state index >= 15 is 0 Å². The molecule has 19 heavy (non-hydrogen) atoms. The number of rotatable bonds is 8. The van der Waals surface area contributed by atoms with Crippen LogP contribution in [-0.2, 0) is 0 Å². The molecule has 0 radical (unpaired) electrons. The molecular weight excluding hydrogens is 232 g/mol. The lowest BCUT2D eigenvalue weighted by atomic mass is 9.59. The lowest BCUT2D eigenvalue weighted by Gasteiger charge is -2.47. The molecule has 0 aliphatic heterocycles. The molecule has 2 atom stereocenters. The fourth-order valence-corrected chi connectivity index (χ4v) is 4.57. The van der Waals surface area contributed by atoms with Crippen LogP contribution in [0.5, 0.6) is 0 Å². The number of hydrogen-bond donors (Lipinski definition) is 1. The smallest absolute Gasteiger partial charge is 0.0517 e. The van der Waals surface area contributed by atoms with E-state index < -0.39 is 0 Å². The van der Waals surface area contributed by atoms with Gasteiger partial charge in [-0.15, -0.1) is 0 Å². The zero-order chi connectivity index (χ0) is 14.3. The van der Waals surface area contributed by atoms with Crippen molar-refractivity contribution in [1.29, 1.82) is 0 Å². The van der Waals surface area contributed by atoms with Gasteiger partial charge in [0.1, 0.15) is 0 Å². The SMILES string of the molecule is CCCC(CCC)C(C)(CC(C)O)C1CCCCC1. The second-order valence-electron chi connectivity index (χ2n) is 7.17. The predicted molar refractivity (Wildman–Crippen MR) is 84.3 cm³/mol. The lowest BCUT2D eigenvalue weighted by molar-refractivity contribution is 0.00160. The van der Waals surface area contributed by atoms with Gasteiger partial charge in [-0.25, -0.2) is 0 Å². The third-order valence-electron chi connectivity index (χ3n) is 5.48. The van der Waals surface area contributed by atoms with Crippen molar-refractivity contribution in [1.82, 2.24) is 0 Å². The Kier molecular flexibility index (Phi) is 7.42. The molecule has 0 spiro atoms. The molecule has 1 nitrogen and oxygen atoms in total. The van der Waals surface area contributed by atoms with E-state index in [0.29, 0.717) is 5.41 Å². The van der Waals surface area contributed by atoms with Crippen molar-refractivity contribution in [2.24, 2.45) is 17.3 Å². The Hall–Kier alpha value is -0.0400. The molecule has 1 aliphatic rings. The summed E-state index contributed by atoms with van der Waals surface area (Å²) in [6, 6.07) is 0. The Morgan fingerprint density at radius 2 is 1.58 bits per heavy atom. The predicted octanol–water partition coefficient (Wildman–Crippen LogP) is 5.56. The van der Waals surface area contributed by atoms with Crippen LogP contribution >= 0.6 is 0 Å². The van der Waals surface area contributed by atoms with Crippen LogP contribution in [0.15, 0.2) is 0 Å². The Balaban J connectivity index is 2.86. The van der Waals surface area contributed by atoms with Crippen LogP contribution in [0.25, 0.3) is 0 Å². The summed E-state index contributed by atoms with van der Waals surface area (Å²) in [4.78, 5) is 0. The average molecular weight is 268 g/mol. The van der Waals surface area contributed by atoms with Crippen LogP contribution < -0.4 is 0 Å². The monoisotopic (exact) mass is 268 g/mol. The van der Waals surface area contributed by atoms with Gasteiger partial charge in [-0.3, -0.25) is 0 Å². The maximum absolute atomic E-state index is 10.0. The van der Waals surface area contributed by atoms with Crippen LogP contribution in [-0.4, -0.2) is 11.2 Å². The van der Waals surface area contributed by atoms with Crippen molar-refractivity contribution in [3.8, 4) is 0 Å². The topological polar surface area (TPSA) is 20.2 Å². The second-order valence-corrected chi connectivity index (χ2v) is 7.17. The van der Waals surface area contributed by atoms with Gasteiger partial charge in [0.15, 0.2) is 0 Å². The summed E-state index contributed by atoms with van der Waals surface area (Å²) in [6.07, 6.45) is 13.1. The summed E-state index contributed by atoms with van der Waals surface area (Å²) < 4.78 is 0. The molecule has 1 saturated carbocycles. The first-order valence-corrected chi connectivity index (χ1v) is 8.72. The highest BCUT2D eigenvalue weighted by atomic mass is 16.3. The molecule has 0 heterocycles. The van der Waals surface area contributed by atoms with Gasteiger partial charge < -0.3 is 5.11 Å². The van der Waals surface area contributed by atoms with E-state index in [0.717, 1.165) is 18.3 Å². The second kappa shape index (κ2) is 8.29. The van der Waals surface area contributed by atoms with Crippen molar-refractivity contribution < 1.29 is 5.11 Å². The molecule has 0 aromatic heterocycles. The average Bonchev–Trinajstić information content (AvgIpc) is 2.38. The lowest BCUT2D eigenvalue weighted by Crippen LogP contribution is -2.39. The number of aliphatic hydroxyl groups excluding tert-OH is 1. The Morgan fingerprint density at radius 1 is 1.05 bits per heavy atom. The minimum absolute atomic E-state index is 0.150. The maximum atomic E-state index is 10.0. The Morgan fingerprint density at radius 3 is 2.00 bits per heavy atom. The molecule has 114 valence electrons. The van der Waals surface area contributed by atoms with Crippen molar-refractivity contribution >= 4 is 0 Å².